The van der Waals surface area contributed by atoms with E-state index in [1.165, 1.54) is 109 Å². The molecule has 11 aromatic rings. The van der Waals surface area contributed by atoms with Gasteiger partial charge in [0.15, 0.2) is 0 Å². The second kappa shape index (κ2) is 11.5. The summed E-state index contributed by atoms with van der Waals surface area (Å²) in [6.07, 6.45) is 0. The van der Waals surface area contributed by atoms with E-state index in [1.54, 1.807) is 0 Å². The molecular formula is C55H36O. The van der Waals surface area contributed by atoms with Gasteiger partial charge in [0.2, 0.25) is 0 Å². The van der Waals surface area contributed by atoms with Gasteiger partial charge in [-0.3, -0.25) is 0 Å². The van der Waals surface area contributed by atoms with Gasteiger partial charge in [-0.2, -0.15) is 0 Å². The van der Waals surface area contributed by atoms with Gasteiger partial charge in [-0.05, 0) is 123 Å². The van der Waals surface area contributed by atoms with E-state index >= 15 is 0 Å². The Labute approximate surface area is 325 Å². The Bertz CT molecular complexity index is 3380. The van der Waals surface area contributed by atoms with Crippen molar-refractivity contribution >= 4 is 65.0 Å². The molecule has 1 aromatic heterocycles. The van der Waals surface area contributed by atoms with Gasteiger partial charge in [-0.15, -0.1) is 0 Å². The monoisotopic (exact) mass is 712 g/mol. The lowest BCUT2D eigenvalue weighted by Gasteiger charge is -2.22. The smallest absolute Gasteiger partial charge is 0.136 e. The van der Waals surface area contributed by atoms with Gasteiger partial charge >= 0.3 is 0 Å². The second-order valence-electron chi connectivity index (χ2n) is 16.0. The van der Waals surface area contributed by atoms with Crippen LogP contribution < -0.4 is 0 Å². The van der Waals surface area contributed by atoms with Crippen LogP contribution in [0.25, 0.3) is 110 Å². The summed E-state index contributed by atoms with van der Waals surface area (Å²) in [4.78, 5) is 0. The predicted molar refractivity (Wildman–Crippen MR) is 238 cm³/mol. The zero-order valence-electron chi connectivity index (χ0n) is 31.2. The van der Waals surface area contributed by atoms with Gasteiger partial charge in [0.1, 0.15) is 11.2 Å². The Morgan fingerprint density at radius 2 is 0.911 bits per heavy atom. The average molecular weight is 713 g/mol. The SMILES string of the molecule is CC1(C)c2ccc(-c3c4ccccc4c(-c4ccc(-c5ccccc5)c5ccccc45)c4ccccc34)cc2-c2cc3oc4ccc5ccccc5c4c3cc21. The molecule has 0 spiro atoms. The Morgan fingerprint density at radius 1 is 0.339 bits per heavy atom. The maximum absolute atomic E-state index is 6.62. The molecule has 12 rings (SSSR count). The molecule has 10 aromatic carbocycles. The lowest BCUT2D eigenvalue weighted by Crippen LogP contribution is -2.14. The molecule has 1 heteroatoms. The molecule has 0 saturated heterocycles. The topological polar surface area (TPSA) is 13.1 Å². The van der Waals surface area contributed by atoms with Crippen LogP contribution in [0.3, 0.4) is 0 Å². The van der Waals surface area contributed by atoms with Crippen LogP contribution in [0.2, 0.25) is 0 Å². The minimum absolute atomic E-state index is 0.160. The first kappa shape index (κ1) is 31.4. The van der Waals surface area contributed by atoms with Crippen molar-refractivity contribution in [3.05, 3.63) is 193 Å². The molecule has 0 fully saturated rings. The Morgan fingerprint density at radius 3 is 1.62 bits per heavy atom. The average Bonchev–Trinajstić information content (AvgIpc) is 3.73. The van der Waals surface area contributed by atoms with Crippen LogP contribution in [0.4, 0.5) is 0 Å². The first-order chi connectivity index (χ1) is 27.5. The molecule has 1 aliphatic carbocycles. The number of furan rings is 1. The molecule has 0 unspecified atom stereocenters. The van der Waals surface area contributed by atoms with Crippen LogP contribution in [0, 0.1) is 0 Å². The van der Waals surface area contributed by atoms with Crippen molar-refractivity contribution in [3.63, 3.8) is 0 Å². The third-order valence-electron chi connectivity index (χ3n) is 12.7. The van der Waals surface area contributed by atoms with E-state index in [9.17, 15) is 0 Å². The van der Waals surface area contributed by atoms with E-state index in [2.05, 4.69) is 196 Å². The van der Waals surface area contributed by atoms with Gasteiger partial charge in [0.05, 0.1) is 0 Å². The van der Waals surface area contributed by atoms with Crippen molar-refractivity contribution in [2.24, 2.45) is 0 Å². The Balaban J connectivity index is 1.10. The van der Waals surface area contributed by atoms with E-state index in [-0.39, 0.29) is 5.41 Å². The molecule has 0 bridgehead atoms. The normalized spacial score (nSPS) is 13.3. The maximum Gasteiger partial charge on any atom is 0.136 e. The number of benzene rings is 10. The van der Waals surface area contributed by atoms with Crippen molar-refractivity contribution < 1.29 is 4.42 Å². The molecule has 0 atom stereocenters. The highest BCUT2D eigenvalue weighted by Gasteiger charge is 2.37. The molecule has 1 nitrogen and oxygen atoms in total. The minimum atomic E-state index is -0.160. The summed E-state index contributed by atoms with van der Waals surface area (Å²) < 4.78 is 6.62. The lowest BCUT2D eigenvalue weighted by atomic mass is 9.81. The molecule has 0 radical (unpaired) electrons. The zero-order valence-corrected chi connectivity index (χ0v) is 31.2. The number of rotatable bonds is 3. The molecule has 1 heterocycles. The largest absolute Gasteiger partial charge is 0.456 e. The van der Waals surface area contributed by atoms with Crippen LogP contribution in [0.5, 0.6) is 0 Å². The number of hydrogen-bond donors (Lipinski definition) is 0. The predicted octanol–water partition coefficient (Wildman–Crippen LogP) is 15.5. The summed E-state index contributed by atoms with van der Waals surface area (Å²) in [5.41, 5.74) is 14.5. The molecule has 1 aliphatic rings. The van der Waals surface area contributed by atoms with Crippen molar-refractivity contribution in [2.75, 3.05) is 0 Å². The fourth-order valence-electron chi connectivity index (χ4n) is 10.1. The highest BCUT2D eigenvalue weighted by Crippen LogP contribution is 2.53. The molecular weight excluding hydrogens is 677 g/mol. The summed E-state index contributed by atoms with van der Waals surface area (Å²) >= 11 is 0. The molecule has 56 heavy (non-hydrogen) atoms. The van der Waals surface area contributed by atoms with E-state index < -0.39 is 0 Å². The summed E-state index contributed by atoms with van der Waals surface area (Å²) in [6.45, 7) is 4.74. The number of fused-ring (bicyclic) bond motifs is 11. The van der Waals surface area contributed by atoms with Gasteiger partial charge in [0.25, 0.3) is 0 Å². The van der Waals surface area contributed by atoms with Crippen molar-refractivity contribution in [1.82, 2.24) is 0 Å². The third-order valence-corrected chi connectivity index (χ3v) is 12.7. The zero-order chi connectivity index (χ0) is 37.1. The van der Waals surface area contributed by atoms with E-state index in [0.717, 1.165) is 11.2 Å². The van der Waals surface area contributed by atoms with Crippen LogP contribution in [0.1, 0.15) is 25.0 Å². The van der Waals surface area contributed by atoms with Gasteiger partial charge in [-0.25, -0.2) is 0 Å². The second-order valence-corrected chi connectivity index (χ2v) is 16.0. The van der Waals surface area contributed by atoms with Crippen LogP contribution in [0.15, 0.2) is 186 Å². The van der Waals surface area contributed by atoms with Crippen molar-refractivity contribution in [1.29, 1.82) is 0 Å². The fourth-order valence-corrected chi connectivity index (χ4v) is 10.1. The first-order valence-corrected chi connectivity index (χ1v) is 19.6. The molecule has 0 saturated carbocycles. The molecule has 0 N–H and O–H groups in total. The van der Waals surface area contributed by atoms with E-state index in [4.69, 9.17) is 4.42 Å². The fraction of sp³-hybridized carbons (Fsp3) is 0.0545. The molecule has 262 valence electrons. The Kier molecular flexibility index (Phi) is 6.46. The highest BCUT2D eigenvalue weighted by molar-refractivity contribution is 6.24. The van der Waals surface area contributed by atoms with Gasteiger partial charge < -0.3 is 4.42 Å². The standard InChI is InChI=1S/C55H36O/c1-55(2)48-28-24-35(30-45(48)46-32-51-47(31-49(46)55)54-37-17-7-6-16-34(37)25-29-50(54)56-51)52-40-20-10-12-22-42(40)53(43-23-13-11-21-41(43)52)44-27-26-36(33-14-4-3-5-15-33)38-18-8-9-19-39(38)44/h3-32H,1-2H3. The Hall–Kier alpha value is -6.96. The van der Waals surface area contributed by atoms with Crippen LogP contribution >= 0.6 is 0 Å². The van der Waals surface area contributed by atoms with E-state index in [1.807, 2.05) is 0 Å². The van der Waals surface area contributed by atoms with Crippen molar-refractivity contribution in [3.8, 4) is 44.5 Å². The quantitative estimate of drug-likeness (QED) is 0.166. The molecule has 0 amide bonds. The van der Waals surface area contributed by atoms with Crippen LogP contribution in [-0.4, -0.2) is 0 Å². The summed E-state index contributed by atoms with van der Waals surface area (Å²) in [7, 11) is 0. The third kappa shape index (κ3) is 4.31. The summed E-state index contributed by atoms with van der Waals surface area (Å²) in [6, 6.07) is 67.1. The van der Waals surface area contributed by atoms with Crippen molar-refractivity contribution in [2.45, 2.75) is 19.3 Å². The first-order valence-electron chi connectivity index (χ1n) is 19.6. The lowest BCUT2D eigenvalue weighted by molar-refractivity contribution is 0.658. The minimum Gasteiger partial charge on any atom is -0.456 e. The number of hydrogen-bond acceptors (Lipinski definition) is 1. The van der Waals surface area contributed by atoms with E-state index in [0.29, 0.717) is 0 Å². The maximum atomic E-state index is 6.62. The highest BCUT2D eigenvalue weighted by atomic mass is 16.3. The van der Waals surface area contributed by atoms with Crippen LogP contribution in [-0.2, 0) is 5.41 Å². The van der Waals surface area contributed by atoms with Gasteiger partial charge in [-0.1, -0.05) is 172 Å². The summed E-state index contributed by atoms with van der Waals surface area (Å²) in [5.74, 6) is 0. The molecule has 0 aliphatic heterocycles. The summed E-state index contributed by atoms with van der Waals surface area (Å²) in [5, 5.41) is 12.4. The van der Waals surface area contributed by atoms with Gasteiger partial charge in [0, 0.05) is 16.2 Å².